The van der Waals surface area contributed by atoms with Gasteiger partial charge in [-0.05, 0) is 37.5 Å². The van der Waals surface area contributed by atoms with Crippen LogP contribution in [0.15, 0.2) is 66.0 Å². The third-order valence-electron chi connectivity index (χ3n) is 3.86. The lowest BCUT2D eigenvalue weighted by Gasteiger charge is -2.39. The molecule has 0 fully saturated rings. The van der Waals surface area contributed by atoms with Gasteiger partial charge in [-0.2, -0.15) is 0 Å². The summed E-state index contributed by atoms with van der Waals surface area (Å²) in [6.07, 6.45) is 6.26. The molecule has 98 valence electrons. The SMILES string of the molecule is C=C1CC(C)(C)OC2=C1[C@@H](c1ccccc1)CC=C2. The van der Waals surface area contributed by atoms with Crippen molar-refractivity contribution in [2.75, 3.05) is 0 Å². The molecule has 1 heterocycles. The molecule has 2 aliphatic rings. The summed E-state index contributed by atoms with van der Waals surface area (Å²) in [4.78, 5) is 0. The average Bonchev–Trinajstić information content (AvgIpc) is 2.37. The van der Waals surface area contributed by atoms with E-state index < -0.39 is 0 Å². The zero-order valence-electron chi connectivity index (χ0n) is 11.6. The monoisotopic (exact) mass is 252 g/mol. The number of hydrogen-bond donors (Lipinski definition) is 0. The van der Waals surface area contributed by atoms with Crippen LogP contribution in [0.1, 0.15) is 38.2 Å². The molecule has 19 heavy (non-hydrogen) atoms. The van der Waals surface area contributed by atoms with Crippen LogP contribution in [0.25, 0.3) is 0 Å². The molecule has 1 aliphatic carbocycles. The molecular formula is C18H20O. The van der Waals surface area contributed by atoms with Crippen molar-refractivity contribution in [2.45, 2.75) is 38.2 Å². The van der Waals surface area contributed by atoms with E-state index in [2.05, 4.69) is 62.9 Å². The Morgan fingerprint density at radius 1 is 1.21 bits per heavy atom. The van der Waals surface area contributed by atoms with Crippen LogP contribution in [0.5, 0.6) is 0 Å². The number of hydrogen-bond acceptors (Lipinski definition) is 1. The first-order valence-electron chi connectivity index (χ1n) is 6.90. The quantitative estimate of drug-likeness (QED) is 0.701. The van der Waals surface area contributed by atoms with E-state index in [1.807, 2.05) is 0 Å². The lowest BCUT2D eigenvalue weighted by molar-refractivity contribution is 0.0308. The first kappa shape index (κ1) is 12.3. The maximum Gasteiger partial charge on any atom is 0.123 e. The molecule has 1 atom stereocenters. The molecule has 3 rings (SSSR count). The summed E-state index contributed by atoms with van der Waals surface area (Å²) in [6, 6.07) is 10.7. The predicted octanol–water partition coefficient (Wildman–Crippen LogP) is 4.74. The van der Waals surface area contributed by atoms with Gasteiger partial charge in [-0.1, -0.05) is 43.0 Å². The van der Waals surface area contributed by atoms with Crippen LogP contribution in [0, 0.1) is 0 Å². The molecule has 0 saturated carbocycles. The fraction of sp³-hybridized carbons (Fsp3) is 0.333. The summed E-state index contributed by atoms with van der Waals surface area (Å²) in [7, 11) is 0. The smallest absolute Gasteiger partial charge is 0.123 e. The molecule has 0 amide bonds. The van der Waals surface area contributed by atoms with Gasteiger partial charge < -0.3 is 4.74 Å². The number of ether oxygens (including phenoxy) is 1. The minimum atomic E-state index is -0.140. The highest BCUT2D eigenvalue weighted by Gasteiger charge is 2.34. The van der Waals surface area contributed by atoms with Crippen LogP contribution >= 0.6 is 0 Å². The van der Waals surface area contributed by atoms with E-state index in [0.717, 1.165) is 18.6 Å². The topological polar surface area (TPSA) is 9.23 Å². The Kier molecular flexibility index (Phi) is 2.85. The van der Waals surface area contributed by atoms with Crippen LogP contribution in [0.2, 0.25) is 0 Å². The fourth-order valence-corrected chi connectivity index (χ4v) is 3.13. The van der Waals surface area contributed by atoms with Gasteiger partial charge in [-0.15, -0.1) is 0 Å². The van der Waals surface area contributed by atoms with Gasteiger partial charge in [0.25, 0.3) is 0 Å². The van der Waals surface area contributed by atoms with Crippen molar-refractivity contribution in [3.05, 3.63) is 71.5 Å². The summed E-state index contributed by atoms with van der Waals surface area (Å²) in [5.74, 6) is 1.41. The average molecular weight is 252 g/mol. The van der Waals surface area contributed by atoms with Gasteiger partial charge in [0.15, 0.2) is 0 Å². The number of allylic oxidation sites excluding steroid dienone is 3. The van der Waals surface area contributed by atoms with E-state index >= 15 is 0 Å². The Bertz CT molecular complexity index is 561. The van der Waals surface area contributed by atoms with Crippen molar-refractivity contribution in [2.24, 2.45) is 0 Å². The highest BCUT2D eigenvalue weighted by Crippen LogP contribution is 2.45. The van der Waals surface area contributed by atoms with Crippen LogP contribution in [-0.4, -0.2) is 5.60 Å². The largest absolute Gasteiger partial charge is 0.487 e. The Balaban J connectivity index is 2.04. The van der Waals surface area contributed by atoms with Gasteiger partial charge in [-0.3, -0.25) is 0 Å². The van der Waals surface area contributed by atoms with Gasteiger partial charge in [0.1, 0.15) is 11.4 Å². The van der Waals surface area contributed by atoms with E-state index in [9.17, 15) is 0 Å². The van der Waals surface area contributed by atoms with Gasteiger partial charge in [0.05, 0.1) is 0 Å². The molecule has 0 N–H and O–H groups in total. The molecule has 1 aliphatic heterocycles. The van der Waals surface area contributed by atoms with Crippen LogP contribution in [0.4, 0.5) is 0 Å². The zero-order valence-corrected chi connectivity index (χ0v) is 11.6. The lowest BCUT2D eigenvalue weighted by Crippen LogP contribution is -2.31. The second-order valence-electron chi connectivity index (χ2n) is 6.02. The first-order valence-corrected chi connectivity index (χ1v) is 6.90. The summed E-state index contributed by atoms with van der Waals surface area (Å²) in [5.41, 5.74) is 3.74. The van der Waals surface area contributed by atoms with Gasteiger partial charge in [-0.25, -0.2) is 0 Å². The van der Waals surface area contributed by atoms with Crippen molar-refractivity contribution in [3.63, 3.8) is 0 Å². The second kappa shape index (κ2) is 4.41. The summed E-state index contributed by atoms with van der Waals surface area (Å²) in [5, 5.41) is 0. The summed E-state index contributed by atoms with van der Waals surface area (Å²) >= 11 is 0. The van der Waals surface area contributed by atoms with E-state index in [1.54, 1.807) is 0 Å². The standard InChI is InChI=1S/C18H20O/c1-13-12-18(2,3)19-16-11-7-10-15(17(13)16)14-8-5-4-6-9-14/h4-9,11,15H,1,10,12H2,2-3H3/t15-/m1/s1. The van der Waals surface area contributed by atoms with Crippen LogP contribution < -0.4 is 0 Å². The Morgan fingerprint density at radius 2 is 1.95 bits per heavy atom. The van der Waals surface area contributed by atoms with Crippen molar-refractivity contribution >= 4 is 0 Å². The first-order chi connectivity index (χ1) is 9.07. The predicted molar refractivity (Wildman–Crippen MR) is 78.9 cm³/mol. The molecular weight excluding hydrogens is 232 g/mol. The lowest BCUT2D eigenvalue weighted by atomic mass is 9.77. The maximum atomic E-state index is 6.13. The van der Waals surface area contributed by atoms with Crippen molar-refractivity contribution in [1.82, 2.24) is 0 Å². The molecule has 0 saturated heterocycles. The van der Waals surface area contributed by atoms with E-state index in [-0.39, 0.29) is 5.60 Å². The molecule has 1 nitrogen and oxygen atoms in total. The molecule has 0 aromatic heterocycles. The minimum Gasteiger partial charge on any atom is -0.487 e. The van der Waals surface area contributed by atoms with Crippen molar-refractivity contribution < 1.29 is 4.74 Å². The van der Waals surface area contributed by atoms with Gasteiger partial charge in [0.2, 0.25) is 0 Å². The Morgan fingerprint density at radius 3 is 2.68 bits per heavy atom. The van der Waals surface area contributed by atoms with Crippen LogP contribution in [0.3, 0.4) is 0 Å². The highest BCUT2D eigenvalue weighted by molar-refractivity contribution is 5.49. The fourth-order valence-electron chi connectivity index (χ4n) is 3.13. The van der Waals surface area contributed by atoms with Crippen LogP contribution in [-0.2, 0) is 4.74 Å². The molecule has 0 spiro atoms. The molecule has 0 unspecified atom stereocenters. The van der Waals surface area contributed by atoms with E-state index in [4.69, 9.17) is 4.74 Å². The molecule has 1 aromatic rings. The van der Waals surface area contributed by atoms with E-state index in [1.165, 1.54) is 16.7 Å². The van der Waals surface area contributed by atoms with Gasteiger partial charge >= 0.3 is 0 Å². The Hall–Kier alpha value is -1.76. The summed E-state index contributed by atoms with van der Waals surface area (Å²) < 4.78 is 6.13. The minimum absolute atomic E-state index is 0.140. The molecule has 1 heteroatoms. The maximum absolute atomic E-state index is 6.13. The normalized spacial score (nSPS) is 24.9. The Labute approximate surface area is 115 Å². The van der Waals surface area contributed by atoms with E-state index in [0.29, 0.717) is 5.92 Å². The van der Waals surface area contributed by atoms with Gasteiger partial charge in [0, 0.05) is 17.9 Å². The van der Waals surface area contributed by atoms with Crippen molar-refractivity contribution in [1.29, 1.82) is 0 Å². The molecule has 1 aromatic carbocycles. The molecule has 0 bridgehead atoms. The molecule has 0 radical (unpaired) electrons. The number of benzene rings is 1. The zero-order chi connectivity index (χ0) is 13.5. The third-order valence-corrected chi connectivity index (χ3v) is 3.86. The second-order valence-corrected chi connectivity index (χ2v) is 6.02. The third kappa shape index (κ3) is 2.25. The van der Waals surface area contributed by atoms with Crippen molar-refractivity contribution in [3.8, 4) is 0 Å². The highest BCUT2D eigenvalue weighted by atomic mass is 16.5. The number of rotatable bonds is 1. The summed E-state index contributed by atoms with van der Waals surface area (Å²) in [6.45, 7) is 8.55.